The molecule has 4 rings (SSSR count). The van der Waals surface area contributed by atoms with E-state index in [1.54, 1.807) is 11.8 Å². The topological polar surface area (TPSA) is 71.3 Å². The smallest absolute Gasteiger partial charge is 0.252 e. The summed E-state index contributed by atoms with van der Waals surface area (Å²) in [6, 6.07) is 11.7. The van der Waals surface area contributed by atoms with E-state index in [1.165, 1.54) is 12.8 Å². The zero-order valence-corrected chi connectivity index (χ0v) is 18.2. The van der Waals surface area contributed by atoms with Crippen molar-refractivity contribution in [3.63, 3.8) is 0 Å². The third-order valence-electron chi connectivity index (χ3n) is 5.38. The maximum atomic E-state index is 12.9. The fourth-order valence-electron chi connectivity index (χ4n) is 3.61. The molecule has 156 valence electrons. The number of benzene rings is 1. The van der Waals surface area contributed by atoms with E-state index in [1.807, 2.05) is 50.4 Å². The van der Waals surface area contributed by atoms with Gasteiger partial charge in [-0.3, -0.25) is 4.79 Å². The molecule has 0 saturated carbocycles. The lowest BCUT2D eigenvalue weighted by Crippen LogP contribution is -2.24. The Morgan fingerprint density at radius 3 is 2.77 bits per heavy atom. The summed E-state index contributed by atoms with van der Waals surface area (Å²) in [4.78, 5) is 20.6. The normalized spacial score (nSPS) is 13.6. The average molecular weight is 423 g/mol. The largest absolute Gasteiger partial charge is 0.361 e. The van der Waals surface area contributed by atoms with E-state index in [2.05, 4.69) is 26.4 Å². The minimum Gasteiger partial charge on any atom is -0.361 e. The quantitative estimate of drug-likeness (QED) is 0.565. The van der Waals surface area contributed by atoms with Crippen LogP contribution in [0.5, 0.6) is 0 Å². The van der Waals surface area contributed by atoms with Gasteiger partial charge in [0.05, 0.1) is 11.3 Å². The maximum absolute atomic E-state index is 12.9. The van der Waals surface area contributed by atoms with Gasteiger partial charge in [0.15, 0.2) is 0 Å². The summed E-state index contributed by atoms with van der Waals surface area (Å²) in [5.74, 6) is 2.47. The van der Waals surface area contributed by atoms with Crippen molar-refractivity contribution in [3.05, 3.63) is 70.7 Å². The van der Waals surface area contributed by atoms with Gasteiger partial charge in [-0.2, -0.15) is 0 Å². The lowest BCUT2D eigenvalue weighted by Gasteiger charge is -2.17. The number of carbonyl (C=O) groups is 1. The van der Waals surface area contributed by atoms with Crippen LogP contribution in [-0.4, -0.2) is 29.1 Å². The number of nitrogens with zero attached hydrogens (tertiary/aromatic N) is 3. The summed E-state index contributed by atoms with van der Waals surface area (Å²) in [5, 5.41) is 7.07. The van der Waals surface area contributed by atoms with E-state index in [4.69, 9.17) is 4.52 Å². The SMILES string of the molecule is Cc1noc(C)c1CSc1ccccc1C(=O)NCc1ccnc(N2CCCC2)c1. The molecule has 0 atom stereocenters. The van der Waals surface area contributed by atoms with Crippen molar-refractivity contribution in [1.82, 2.24) is 15.5 Å². The lowest BCUT2D eigenvalue weighted by atomic mass is 10.2. The number of aryl methyl sites for hydroxylation is 2. The number of carbonyl (C=O) groups excluding carboxylic acids is 1. The predicted octanol–water partition coefficient (Wildman–Crippen LogP) is 4.51. The van der Waals surface area contributed by atoms with Crippen LogP contribution in [0.1, 0.15) is 45.8 Å². The minimum atomic E-state index is -0.0728. The van der Waals surface area contributed by atoms with Gasteiger partial charge in [-0.05, 0) is 56.5 Å². The summed E-state index contributed by atoms with van der Waals surface area (Å²) in [5.41, 5.74) is 3.72. The number of hydrogen-bond donors (Lipinski definition) is 1. The Balaban J connectivity index is 1.41. The fourth-order valence-corrected chi connectivity index (χ4v) is 4.81. The highest BCUT2D eigenvalue weighted by molar-refractivity contribution is 7.98. The third kappa shape index (κ3) is 4.67. The van der Waals surface area contributed by atoms with Crippen LogP contribution in [0.25, 0.3) is 0 Å². The van der Waals surface area contributed by atoms with E-state index in [-0.39, 0.29) is 5.91 Å². The highest BCUT2D eigenvalue weighted by Crippen LogP contribution is 2.29. The zero-order valence-electron chi connectivity index (χ0n) is 17.4. The zero-order chi connectivity index (χ0) is 20.9. The Hall–Kier alpha value is -2.80. The number of nitrogens with one attached hydrogen (secondary N) is 1. The molecule has 3 aromatic rings. The van der Waals surface area contributed by atoms with Crippen LogP contribution >= 0.6 is 11.8 Å². The van der Waals surface area contributed by atoms with Gasteiger partial charge in [0.1, 0.15) is 11.6 Å². The molecule has 0 radical (unpaired) electrons. The van der Waals surface area contributed by atoms with Gasteiger partial charge in [-0.25, -0.2) is 4.98 Å². The molecule has 0 bridgehead atoms. The summed E-state index contributed by atoms with van der Waals surface area (Å²) in [6.45, 7) is 6.44. The second-order valence-corrected chi connectivity index (χ2v) is 8.50. The van der Waals surface area contributed by atoms with Crippen LogP contribution in [0.15, 0.2) is 52.0 Å². The molecular weight excluding hydrogens is 396 g/mol. The molecule has 1 aliphatic rings. The summed E-state index contributed by atoms with van der Waals surface area (Å²) in [6.07, 6.45) is 4.25. The molecule has 6 nitrogen and oxygen atoms in total. The van der Waals surface area contributed by atoms with Crippen LogP contribution in [0.3, 0.4) is 0 Å². The van der Waals surface area contributed by atoms with Crippen LogP contribution < -0.4 is 10.2 Å². The first-order chi connectivity index (χ1) is 14.6. The molecule has 1 aromatic carbocycles. The molecule has 1 N–H and O–H groups in total. The van der Waals surface area contributed by atoms with Crippen molar-refractivity contribution >= 4 is 23.5 Å². The average Bonchev–Trinajstić information content (AvgIpc) is 3.42. The van der Waals surface area contributed by atoms with Gasteiger partial charge in [0, 0.05) is 42.0 Å². The van der Waals surface area contributed by atoms with Crippen molar-refractivity contribution in [3.8, 4) is 0 Å². The second kappa shape index (κ2) is 9.34. The molecule has 0 spiro atoms. The predicted molar refractivity (Wildman–Crippen MR) is 119 cm³/mol. The number of hydrogen-bond acceptors (Lipinski definition) is 6. The van der Waals surface area contributed by atoms with Crippen molar-refractivity contribution in [2.45, 2.75) is 43.9 Å². The molecule has 2 aromatic heterocycles. The number of anilines is 1. The Labute approximate surface area is 181 Å². The van der Waals surface area contributed by atoms with Crippen molar-refractivity contribution in [1.29, 1.82) is 0 Å². The van der Waals surface area contributed by atoms with E-state index in [0.29, 0.717) is 12.1 Å². The van der Waals surface area contributed by atoms with E-state index in [0.717, 1.165) is 52.1 Å². The number of amides is 1. The minimum absolute atomic E-state index is 0.0728. The Kier molecular flexibility index (Phi) is 6.38. The molecule has 7 heteroatoms. The number of pyridine rings is 1. The summed E-state index contributed by atoms with van der Waals surface area (Å²) < 4.78 is 5.24. The molecule has 1 saturated heterocycles. The molecule has 1 fully saturated rings. The Bertz CT molecular complexity index is 1010. The van der Waals surface area contributed by atoms with Crippen molar-refractivity contribution in [2.75, 3.05) is 18.0 Å². The number of rotatable bonds is 7. The molecule has 0 aliphatic carbocycles. The fraction of sp³-hybridized carbons (Fsp3) is 0.348. The van der Waals surface area contributed by atoms with Gasteiger partial charge in [-0.1, -0.05) is 17.3 Å². The Morgan fingerprint density at radius 1 is 1.20 bits per heavy atom. The monoisotopic (exact) mass is 422 g/mol. The van der Waals surface area contributed by atoms with Gasteiger partial charge in [-0.15, -0.1) is 11.8 Å². The highest BCUT2D eigenvalue weighted by atomic mass is 32.2. The molecule has 1 amide bonds. The first kappa shape index (κ1) is 20.5. The Morgan fingerprint density at radius 2 is 2.00 bits per heavy atom. The standard InChI is InChI=1S/C23H26N4O2S/c1-16-20(17(2)29-26-16)15-30-21-8-4-3-7-19(21)23(28)25-14-18-9-10-24-22(13-18)27-11-5-6-12-27/h3-4,7-10,13H,5-6,11-12,14-15H2,1-2H3,(H,25,28). The first-order valence-corrected chi connectivity index (χ1v) is 11.2. The molecule has 0 unspecified atom stereocenters. The van der Waals surface area contributed by atoms with E-state index in [9.17, 15) is 4.79 Å². The first-order valence-electron chi connectivity index (χ1n) is 10.2. The van der Waals surface area contributed by atoms with Gasteiger partial charge in [0.25, 0.3) is 5.91 Å². The van der Waals surface area contributed by atoms with Crippen LogP contribution in [0.4, 0.5) is 5.82 Å². The van der Waals surface area contributed by atoms with E-state index >= 15 is 0 Å². The molecule has 30 heavy (non-hydrogen) atoms. The molecular formula is C23H26N4O2S. The van der Waals surface area contributed by atoms with Crippen molar-refractivity contribution < 1.29 is 9.32 Å². The third-order valence-corrected chi connectivity index (χ3v) is 6.48. The summed E-state index contributed by atoms with van der Waals surface area (Å²) >= 11 is 1.62. The number of aromatic nitrogens is 2. The van der Waals surface area contributed by atoms with Crippen LogP contribution in [0, 0.1) is 13.8 Å². The summed E-state index contributed by atoms with van der Waals surface area (Å²) in [7, 11) is 0. The van der Waals surface area contributed by atoms with Crippen molar-refractivity contribution in [2.24, 2.45) is 0 Å². The number of thioether (sulfide) groups is 1. The van der Waals surface area contributed by atoms with Gasteiger partial charge >= 0.3 is 0 Å². The highest BCUT2D eigenvalue weighted by Gasteiger charge is 2.16. The maximum Gasteiger partial charge on any atom is 0.252 e. The molecule has 1 aliphatic heterocycles. The van der Waals surface area contributed by atoms with Crippen LogP contribution in [0.2, 0.25) is 0 Å². The van der Waals surface area contributed by atoms with E-state index < -0.39 is 0 Å². The molecule has 3 heterocycles. The second-order valence-electron chi connectivity index (χ2n) is 7.49. The van der Waals surface area contributed by atoms with Crippen LogP contribution in [-0.2, 0) is 12.3 Å². The lowest BCUT2D eigenvalue weighted by molar-refractivity contribution is 0.0948. The van der Waals surface area contributed by atoms with Gasteiger partial charge in [0.2, 0.25) is 0 Å². The van der Waals surface area contributed by atoms with Gasteiger partial charge < -0.3 is 14.7 Å².